The average molecular weight is 284 g/mol. The Labute approximate surface area is 115 Å². The van der Waals surface area contributed by atoms with Crippen molar-refractivity contribution in [3.05, 3.63) is 27.3 Å². The first-order chi connectivity index (χ1) is 8.60. The van der Waals surface area contributed by atoms with Gasteiger partial charge in [0, 0.05) is 18.1 Å². The molecule has 0 radical (unpaired) electrons. The van der Waals surface area contributed by atoms with Gasteiger partial charge in [-0.3, -0.25) is 0 Å². The quantitative estimate of drug-likeness (QED) is 0.903. The second-order valence-electron chi connectivity index (χ2n) is 3.83. The molecule has 0 aliphatic heterocycles. The smallest absolute Gasteiger partial charge is 0.224 e. The molecule has 1 unspecified atom stereocenters. The van der Waals surface area contributed by atoms with Gasteiger partial charge in [0.15, 0.2) is 5.82 Å². The van der Waals surface area contributed by atoms with Crippen LogP contribution in [0.25, 0.3) is 0 Å². The van der Waals surface area contributed by atoms with Crippen LogP contribution in [0.5, 0.6) is 0 Å². The first kappa shape index (κ1) is 13.0. The van der Waals surface area contributed by atoms with Crippen molar-refractivity contribution in [2.45, 2.75) is 19.9 Å². The number of rotatable bonds is 4. The first-order valence-corrected chi connectivity index (χ1v) is 6.74. The zero-order chi connectivity index (χ0) is 13.1. The van der Waals surface area contributed by atoms with Gasteiger partial charge in [0.25, 0.3) is 0 Å². The minimum atomic E-state index is 0.0563. The third-order valence-corrected chi connectivity index (χ3v) is 3.75. The van der Waals surface area contributed by atoms with E-state index in [2.05, 4.69) is 25.6 Å². The summed E-state index contributed by atoms with van der Waals surface area (Å²) in [6.45, 7) is 4.00. The molecule has 2 N–H and O–H groups in total. The third-order valence-electron chi connectivity index (χ3n) is 2.33. The van der Waals surface area contributed by atoms with E-state index >= 15 is 0 Å². The summed E-state index contributed by atoms with van der Waals surface area (Å²) >= 11 is 7.67. The summed E-state index contributed by atoms with van der Waals surface area (Å²) in [5.41, 5.74) is 1.02. The van der Waals surface area contributed by atoms with E-state index in [1.807, 2.05) is 19.2 Å². The number of anilines is 2. The summed E-state index contributed by atoms with van der Waals surface area (Å²) in [4.78, 5) is 12.7. The van der Waals surface area contributed by atoms with Crippen molar-refractivity contribution in [2.24, 2.45) is 0 Å². The summed E-state index contributed by atoms with van der Waals surface area (Å²) in [6, 6.07) is 0.0563. The molecule has 0 spiro atoms. The van der Waals surface area contributed by atoms with Gasteiger partial charge in [-0.15, -0.1) is 11.3 Å². The zero-order valence-corrected chi connectivity index (χ0v) is 11.9. The lowest BCUT2D eigenvalue weighted by molar-refractivity contribution is 0.854. The SMILES string of the molecule is CNc1ncc(Cl)c(NC(C)c2nc(C)cs2)n1. The van der Waals surface area contributed by atoms with E-state index in [0.29, 0.717) is 16.8 Å². The monoisotopic (exact) mass is 283 g/mol. The van der Waals surface area contributed by atoms with Crippen molar-refractivity contribution >= 4 is 34.7 Å². The van der Waals surface area contributed by atoms with Crippen molar-refractivity contribution in [1.82, 2.24) is 15.0 Å². The Hall–Kier alpha value is -1.40. The summed E-state index contributed by atoms with van der Waals surface area (Å²) < 4.78 is 0. The van der Waals surface area contributed by atoms with Crippen LogP contribution in [0, 0.1) is 6.92 Å². The predicted octanol–water partition coefficient (Wildman–Crippen LogP) is 3.11. The fraction of sp³-hybridized carbons (Fsp3) is 0.364. The van der Waals surface area contributed by atoms with E-state index in [0.717, 1.165) is 10.7 Å². The van der Waals surface area contributed by atoms with E-state index in [1.54, 1.807) is 24.6 Å². The van der Waals surface area contributed by atoms with Crippen molar-refractivity contribution < 1.29 is 0 Å². The normalized spacial score (nSPS) is 12.2. The molecular formula is C11H14ClN5S. The molecule has 0 aliphatic rings. The van der Waals surface area contributed by atoms with Gasteiger partial charge in [-0.1, -0.05) is 11.6 Å². The van der Waals surface area contributed by atoms with Gasteiger partial charge >= 0.3 is 0 Å². The molecule has 0 aliphatic carbocycles. The van der Waals surface area contributed by atoms with Crippen LogP contribution >= 0.6 is 22.9 Å². The molecule has 2 rings (SSSR count). The standard InChI is InChI=1S/C11H14ClN5S/c1-6-5-18-10(15-6)7(2)16-9-8(12)4-14-11(13-3)17-9/h4-5,7H,1-3H3,(H2,13,14,16,17). The summed E-state index contributed by atoms with van der Waals surface area (Å²) in [5.74, 6) is 1.14. The van der Waals surface area contributed by atoms with Crippen molar-refractivity contribution in [1.29, 1.82) is 0 Å². The van der Waals surface area contributed by atoms with E-state index in [-0.39, 0.29) is 6.04 Å². The first-order valence-electron chi connectivity index (χ1n) is 5.49. The number of aryl methyl sites for hydroxylation is 1. The van der Waals surface area contributed by atoms with Crippen LogP contribution in [-0.4, -0.2) is 22.0 Å². The lowest BCUT2D eigenvalue weighted by Gasteiger charge is -2.13. The number of hydrogen-bond donors (Lipinski definition) is 2. The van der Waals surface area contributed by atoms with Crippen LogP contribution in [0.2, 0.25) is 5.02 Å². The fourth-order valence-electron chi connectivity index (χ4n) is 1.43. The number of hydrogen-bond acceptors (Lipinski definition) is 6. The number of aromatic nitrogens is 3. The van der Waals surface area contributed by atoms with E-state index < -0.39 is 0 Å². The van der Waals surface area contributed by atoms with Gasteiger partial charge in [0.05, 0.1) is 12.2 Å². The Morgan fingerprint density at radius 3 is 2.78 bits per heavy atom. The lowest BCUT2D eigenvalue weighted by Crippen LogP contribution is -2.09. The molecule has 0 amide bonds. The minimum absolute atomic E-state index is 0.0563. The van der Waals surface area contributed by atoms with Crippen LogP contribution in [0.3, 0.4) is 0 Å². The Bertz CT molecular complexity index is 542. The van der Waals surface area contributed by atoms with Crippen LogP contribution in [-0.2, 0) is 0 Å². The zero-order valence-electron chi connectivity index (χ0n) is 10.4. The van der Waals surface area contributed by atoms with Crippen LogP contribution in [0.1, 0.15) is 23.7 Å². The van der Waals surface area contributed by atoms with E-state index in [4.69, 9.17) is 11.6 Å². The second kappa shape index (κ2) is 5.49. The van der Waals surface area contributed by atoms with E-state index in [1.165, 1.54) is 0 Å². The highest BCUT2D eigenvalue weighted by Gasteiger charge is 2.12. The van der Waals surface area contributed by atoms with Crippen LogP contribution in [0.4, 0.5) is 11.8 Å². The minimum Gasteiger partial charge on any atom is -0.360 e. The van der Waals surface area contributed by atoms with Crippen molar-refractivity contribution in [3.8, 4) is 0 Å². The van der Waals surface area contributed by atoms with Gasteiger partial charge in [0.1, 0.15) is 10.0 Å². The molecule has 1 atom stereocenters. The number of nitrogens with zero attached hydrogens (tertiary/aromatic N) is 3. The largest absolute Gasteiger partial charge is 0.360 e. The Kier molecular flexibility index (Phi) is 3.98. The molecule has 2 aromatic rings. The molecule has 0 bridgehead atoms. The highest BCUT2D eigenvalue weighted by Crippen LogP contribution is 2.26. The van der Waals surface area contributed by atoms with Gasteiger partial charge in [-0.2, -0.15) is 4.98 Å². The highest BCUT2D eigenvalue weighted by molar-refractivity contribution is 7.09. The Balaban J connectivity index is 2.18. The molecule has 18 heavy (non-hydrogen) atoms. The molecule has 5 nitrogen and oxygen atoms in total. The molecule has 0 saturated carbocycles. The summed E-state index contributed by atoms with van der Waals surface area (Å²) in [5, 5.41) is 9.64. The number of halogens is 1. The van der Waals surface area contributed by atoms with Crippen molar-refractivity contribution in [3.63, 3.8) is 0 Å². The lowest BCUT2D eigenvalue weighted by atomic mass is 10.3. The summed E-state index contributed by atoms with van der Waals surface area (Å²) in [6.07, 6.45) is 1.57. The molecule has 2 heterocycles. The van der Waals surface area contributed by atoms with Crippen LogP contribution < -0.4 is 10.6 Å². The van der Waals surface area contributed by atoms with Gasteiger partial charge < -0.3 is 10.6 Å². The van der Waals surface area contributed by atoms with Crippen LogP contribution in [0.15, 0.2) is 11.6 Å². The maximum Gasteiger partial charge on any atom is 0.224 e. The molecule has 0 fully saturated rings. The van der Waals surface area contributed by atoms with Gasteiger partial charge in [0.2, 0.25) is 5.95 Å². The average Bonchev–Trinajstić information content (AvgIpc) is 2.79. The molecule has 2 aromatic heterocycles. The van der Waals surface area contributed by atoms with Crippen molar-refractivity contribution in [2.75, 3.05) is 17.7 Å². The fourth-order valence-corrected chi connectivity index (χ4v) is 2.38. The van der Waals surface area contributed by atoms with Gasteiger partial charge in [-0.05, 0) is 13.8 Å². The molecular weight excluding hydrogens is 270 g/mol. The van der Waals surface area contributed by atoms with E-state index in [9.17, 15) is 0 Å². The third kappa shape index (κ3) is 2.88. The van der Waals surface area contributed by atoms with Gasteiger partial charge in [-0.25, -0.2) is 9.97 Å². The molecule has 7 heteroatoms. The predicted molar refractivity (Wildman–Crippen MR) is 75.5 cm³/mol. The topological polar surface area (TPSA) is 62.7 Å². The summed E-state index contributed by atoms with van der Waals surface area (Å²) in [7, 11) is 1.76. The molecule has 0 saturated heterocycles. The highest BCUT2D eigenvalue weighted by atomic mass is 35.5. The number of nitrogens with one attached hydrogen (secondary N) is 2. The molecule has 0 aromatic carbocycles. The molecule has 96 valence electrons. The second-order valence-corrected chi connectivity index (χ2v) is 5.13. The Morgan fingerprint density at radius 2 is 2.17 bits per heavy atom. The number of thiazole rings is 1. The Morgan fingerprint density at radius 1 is 1.39 bits per heavy atom. The maximum absolute atomic E-state index is 6.06. The maximum atomic E-state index is 6.06.